The second kappa shape index (κ2) is 36.2. The van der Waals surface area contributed by atoms with Gasteiger partial charge >= 0.3 is 5.97 Å². The Morgan fingerprint density at radius 3 is 1.64 bits per heavy atom. The molecule has 0 saturated carbocycles. The van der Waals surface area contributed by atoms with Crippen LogP contribution in [0.3, 0.4) is 0 Å². The average Bonchev–Trinajstić information content (AvgIpc) is 3.03. The van der Waals surface area contributed by atoms with Crippen LogP contribution in [-0.2, 0) is 14.3 Å². The number of aliphatic hydroxyl groups excluding tert-OH is 2. The molecule has 0 amide bonds. The molecule has 0 aromatic carbocycles. The van der Waals surface area contributed by atoms with Crippen molar-refractivity contribution in [3.8, 4) is 0 Å². The minimum atomic E-state index is -0.541. The topological polar surface area (TPSA) is 79.2 Å². The molecule has 0 aromatic rings. The van der Waals surface area contributed by atoms with Gasteiger partial charge in [0, 0.05) is 26.1 Å². The van der Waals surface area contributed by atoms with Gasteiger partial charge in [-0.05, 0) is 44.6 Å². The fraction of sp³-hybridized carbons (Fsp3) is 0.974. The minimum Gasteiger partial charge on any atom is -0.465 e. The van der Waals surface area contributed by atoms with Crippen LogP contribution in [0.5, 0.6) is 0 Å². The smallest absolute Gasteiger partial charge is 0.305 e. The molecule has 0 aliphatic heterocycles. The SMILES string of the molecule is CCCCCCCCCCCCOCC(O)CN(CCO)CCCCCC(=O)OCC(CCCCCC)CCCCCCCC. The molecular formula is C39H79NO5. The summed E-state index contributed by atoms with van der Waals surface area (Å²) in [5.74, 6) is 0.452. The lowest BCUT2D eigenvalue weighted by molar-refractivity contribution is -0.145. The van der Waals surface area contributed by atoms with Crippen LogP contribution in [0.15, 0.2) is 0 Å². The number of hydrogen-bond acceptors (Lipinski definition) is 6. The zero-order valence-corrected chi connectivity index (χ0v) is 30.6. The Bertz CT molecular complexity index is 590. The van der Waals surface area contributed by atoms with Gasteiger partial charge in [0.1, 0.15) is 0 Å². The van der Waals surface area contributed by atoms with Gasteiger partial charge in [-0.3, -0.25) is 9.69 Å². The summed E-state index contributed by atoms with van der Waals surface area (Å²) in [7, 11) is 0. The first-order valence-electron chi connectivity index (χ1n) is 19.8. The number of nitrogens with zero attached hydrogens (tertiary/aromatic N) is 1. The van der Waals surface area contributed by atoms with Crippen molar-refractivity contribution in [3.63, 3.8) is 0 Å². The van der Waals surface area contributed by atoms with Gasteiger partial charge in [0.05, 0.1) is 25.9 Å². The van der Waals surface area contributed by atoms with Crippen molar-refractivity contribution in [2.75, 3.05) is 46.1 Å². The molecule has 0 rings (SSSR count). The summed E-state index contributed by atoms with van der Waals surface area (Å²) < 4.78 is 11.5. The number of carbonyl (C=O) groups excluding carboxylic acids is 1. The maximum Gasteiger partial charge on any atom is 0.305 e. The summed E-state index contributed by atoms with van der Waals surface area (Å²) in [5.41, 5.74) is 0. The lowest BCUT2D eigenvalue weighted by Crippen LogP contribution is -2.37. The van der Waals surface area contributed by atoms with E-state index in [2.05, 4.69) is 25.7 Å². The fourth-order valence-electron chi connectivity index (χ4n) is 6.15. The van der Waals surface area contributed by atoms with Crippen molar-refractivity contribution in [2.45, 2.75) is 194 Å². The monoisotopic (exact) mass is 642 g/mol. The number of hydrogen-bond donors (Lipinski definition) is 2. The number of aliphatic hydroxyl groups is 2. The number of rotatable bonds is 37. The van der Waals surface area contributed by atoms with Gasteiger partial charge in [0.25, 0.3) is 0 Å². The molecule has 0 spiro atoms. The molecule has 0 aromatic heterocycles. The summed E-state index contributed by atoms with van der Waals surface area (Å²) >= 11 is 0. The third-order valence-corrected chi connectivity index (χ3v) is 9.10. The third-order valence-electron chi connectivity index (χ3n) is 9.10. The van der Waals surface area contributed by atoms with Crippen LogP contribution in [-0.4, -0.2) is 73.2 Å². The summed E-state index contributed by atoms with van der Waals surface area (Å²) in [6.45, 7) is 10.4. The zero-order chi connectivity index (χ0) is 33.1. The first-order valence-corrected chi connectivity index (χ1v) is 19.8. The maximum atomic E-state index is 12.5. The molecule has 6 nitrogen and oxygen atoms in total. The molecule has 45 heavy (non-hydrogen) atoms. The van der Waals surface area contributed by atoms with Crippen molar-refractivity contribution < 1.29 is 24.5 Å². The van der Waals surface area contributed by atoms with Crippen LogP contribution < -0.4 is 0 Å². The molecular weight excluding hydrogens is 562 g/mol. The van der Waals surface area contributed by atoms with E-state index in [0.29, 0.717) is 45.2 Å². The number of esters is 1. The summed E-state index contributed by atoms with van der Waals surface area (Å²) in [6, 6.07) is 0. The van der Waals surface area contributed by atoms with E-state index in [1.54, 1.807) is 0 Å². The highest BCUT2D eigenvalue weighted by atomic mass is 16.5. The van der Waals surface area contributed by atoms with E-state index in [9.17, 15) is 15.0 Å². The standard InChI is InChI=1S/C39H79NO5/c1-4-7-10-13-15-16-17-18-20-26-33-44-36-38(42)34-40(31-32-41)30-25-21-24-29-39(43)45-35-37(27-22-12-9-6-3)28-23-19-14-11-8-5-2/h37-38,41-42H,4-36H2,1-3H3. The molecule has 0 radical (unpaired) electrons. The second-order valence-electron chi connectivity index (χ2n) is 13.7. The molecule has 0 bridgehead atoms. The van der Waals surface area contributed by atoms with Crippen molar-refractivity contribution >= 4 is 5.97 Å². The van der Waals surface area contributed by atoms with Crippen LogP contribution in [0.25, 0.3) is 0 Å². The molecule has 0 aliphatic rings. The van der Waals surface area contributed by atoms with Crippen molar-refractivity contribution in [3.05, 3.63) is 0 Å². The molecule has 0 saturated heterocycles. The molecule has 2 atom stereocenters. The summed E-state index contributed by atoms with van der Waals surface area (Å²) in [5, 5.41) is 19.9. The first-order chi connectivity index (χ1) is 22.1. The van der Waals surface area contributed by atoms with E-state index in [4.69, 9.17) is 9.47 Å². The largest absolute Gasteiger partial charge is 0.465 e. The predicted octanol–water partition coefficient (Wildman–Crippen LogP) is 10.0. The Hall–Kier alpha value is -0.690. The van der Waals surface area contributed by atoms with Gasteiger partial charge in [-0.25, -0.2) is 0 Å². The van der Waals surface area contributed by atoms with Gasteiger partial charge in [-0.2, -0.15) is 0 Å². The Labute approximate surface area is 280 Å². The van der Waals surface area contributed by atoms with Gasteiger partial charge in [-0.1, -0.05) is 149 Å². The highest BCUT2D eigenvalue weighted by Crippen LogP contribution is 2.20. The first kappa shape index (κ1) is 44.3. The fourth-order valence-corrected chi connectivity index (χ4v) is 6.15. The highest BCUT2D eigenvalue weighted by Gasteiger charge is 2.14. The van der Waals surface area contributed by atoms with Crippen LogP contribution >= 0.6 is 0 Å². The number of ether oxygens (including phenoxy) is 2. The van der Waals surface area contributed by atoms with Crippen LogP contribution in [0, 0.1) is 5.92 Å². The normalized spacial score (nSPS) is 13.0. The molecule has 0 aliphatic carbocycles. The van der Waals surface area contributed by atoms with E-state index < -0.39 is 6.10 Å². The van der Waals surface area contributed by atoms with Crippen LogP contribution in [0.2, 0.25) is 0 Å². The molecule has 0 fully saturated rings. The zero-order valence-electron chi connectivity index (χ0n) is 30.6. The van der Waals surface area contributed by atoms with Gasteiger partial charge in [0.15, 0.2) is 0 Å². The van der Waals surface area contributed by atoms with E-state index >= 15 is 0 Å². The molecule has 2 N–H and O–H groups in total. The van der Waals surface area contributed by atoms with Crippen molar-refractivity contribution in [1.82, 2.24) is 4.90 Å². The second-order valence-corrected chi connectivity index (χ2v) is 13.7. The third kappa shape index (κ3) is 33.0. The summed E-state index contributed by atoms with van der Waals surface area (Å²) in [6.07, 6.45) is 31.0. The quantitative estimate of drug-likeness (QED) is 0.0519. The van der Waals surface area contributed by atoms with Gasteiger partial charge in [-0.15, -0.1) is 0 Å². The van der Waals surface area contributed by atoms with E-state index in [1.807, 2.05) is 0 Å². The van der Waals surface area contributed by atoms with Crippen LogP contribution in [0.4, 0.5) is 0 Å². The lowest BCUT2D eigenvalue weighted by atomic mass is 9.95. The van der Waals surface area contributed by atoms with E-state index in [-0.39, 0.29) is 12.6 Å². The highest BCUT2D eigenvalue weighted by molar-refractivity contribution is 5.69. The van der Waals surface area contributed by atoms with E-state index in [0.717, 1.165) is 32.2 Å². The molecule has 2 unspecified atom stereocenters. The Morgan fingerprint density at radius 2 is 1.09 bits per heavy atom. The average molecular weight is 642 g/mol. The summed E-state index contributed by atoms with van der Waals surface area (Å²) in [4.78, 5) is 14.6. The van der Waals surface area contributed by atoms with Crippen molar-refractivity contribution in [2.24, 2.45) is 5.92 Å². The predicted molar refractivity (Wildman–Crippen MR) is 192 cm³/mol. The molecule has 270 valence electrons. The molecule has 0 heterocycles. The number of carbonyl (C=O) groups is 1. The minimum absolute atomic E-state index is 0.0568. The Balaban J connectivity index is 4.00. The van der Waals surface area contributed by atoms with Gasteiger partial charge in [0.2, 0.25) is 0 Å². The van der Waals surface area contributed by atoms with Crippen molar-refractivity contribution in [1.29, 1.82) is 0 Å². The maximum absolute atomic E-state index is 12.5. The lowest BCUT2D eigenvalue weighted by Gasteiger charge is -2.24. The van der Waals surface area contributed by atoms with Crippen LogP contribution in [0.1, 0.15) is 188 Å². The Kier molecular flexibility index (Phi) is 35.6. The Morgan fingerprint density at radius 1 is 0.600 bits per heavy atom. The number of unbranched alkanes of at least 4 members (excludes halogenated alkanes) is 19. The van der Waals surface area contributed by atoms with E-state index in [1.165, 1.54) is 135 Å². The molecule has 6 heteroatoms. The van der Waals surface area contributed by atoms with Gasteiger partial charge < -0.3 is 19.7 Å².